The molecule has 2 unspecified atom stereocenters. The van der Waals surface area contributed by atoms with Crippen LogP contribution in [0.2, 0.25) is 0 Å². The molecule has 2 nitrogen and oxygen atoms in total. The number of unbranched alkanes of at least 4 members (excludes halogenated alkanes) is 12. The van der Waals surface area contributed by atoms with Gasteiger partial charge in [-0.05, 0) is 38.1 Å². The molecule has 0 amide bonds. The number of rotatable bonds is 20. The molecule has 0 heterocycles. The quantitative estimate of drug-likeness (QED) is 0.208. The Morgan fingerprint density at radius 2 is 0.933 bits per heavy atom. The molecule has 1 aromatic rings. The third-order valence-electron chi connectivity index (χ3n) is 6.61. The highest BCUT2D eigenvalue weighted by Gasteiger charge is 2.13. The van der Waals surface area contributed by atoms with Crippen LogP contribution < -0.4 is 10.6 Å². The Hall–Kier alpha value is -0.860. The maximum absolute atomic E-state index is 3.57. The van der Waals surface area contributed by atoms with Crippen LogP contribution in [-0.2, 0) is 0 Å². The van der Waals surface area contributed by atoms with E-state index in [1.165, 1.54) is 114 Å². The van der Waals surface area contributed by atoms with Gasteiger partial charge in [0, 0.05) is 12.1 Å². The molecule has 30 heavy (non-hydrogen) atoms. The van der Waals surface area contributed by atoms with Crippen molar-refractivity contribution >= 4 is 0 Å². The molecule has 0 spiro atoms. The minimum Gasteiger partial charge on any atom is -0.313 e. The van der Waals surface area contributed by atoms with Gasteiger partial charge in [0.1, 0.15) is 0 Å². The van der Waals surface area contributed by atoms with Gasteiger partial charge in [-0.25, -0.2) is 0 Å². The normalized spacial score (nSPS) is 13.5. The van der Waals surface area contributed by atoms with Crippen LogP contribution in [0.3, 0.4) is 0 Å². The summed E-state index contributed by atoms with van der Waals surface area (Å²) in [6.45, 7) is 4.58. The zero-order chi connectivity index (χ0) is 21.9. The van der Waals surface area contributed by atoms with E-state index >= 15 is 0 Å². The molecular weight excluding hydrogens is 364 g/mol. The molecule has 0 saturated heterocycles. The molecule has 0 aliphatic heterocycles. The van der Waals surface area contributed by atoms with Crippen molar-refractivity contribution in [1.29, 1.82) is 0 Å². The first-order chi connectivity index (χ1) is 14.8. The summed E-state index contributed by atoms with van der Waals surface area (Å²) in [7, 11) is 4.24. The standard InChI is InChI=1S/C28H52N2/c1-5-7-9-11-13-15-17-22-27(29-3)25-20-19-21-26(24-25)28(30-4)23-18-16-14-12-10-8-6-2/h19-21,24,27-30H,5-18,22-23H2,1-4H3. The van der Waals surface area contributed by atoms with Gasteiger partial charge in [0.25, 0.3) is 0 Å². The summed E-state index contributed by atoms with van der Waals surface area (Å²) in [6, 6.07) is 10.3. The summed E-state index contributed by atoms with van der Waals surface area (Å²) in [5.74, 6) is 0. The summed E-state index contributed by atoms with van der Waals surface area (Å²) in [6.07, 6.45) is 21.8. The molecule has 0 fully saturated rings. The topological polar surface area (TPSA) is 24.1 Å². The second-order valence-electron chi connectivity index (χ2n) is 9.17. The second-order valence-corrected chi connectivity index (χ2v) is 9.17. The molecule has 1 rings (SSSR count). The Bertz CT molecular complexity index is 458. The molecule has 0 aliphatic carbocycles. The zero-order valence-corrected chi connectivity index (χ0v) is 20.8. The van der Waals surface area contributed by atoms with Crippen LogP contribution in [0.25, 0.3) is 0 Å². The van der Waals surface area contributed by atoms with Gasteiger partial charge in [0.05, 0.1) is 0 Å². The van der Waals surface area contributed by atoms with Crippen LogP contribution in [0, 0.1) is 0 Å². The first kappa shape index (κ1) is 27.2. The van der Waals surface area contributed by atoms with E-state index in [1.54, 1.807) is 0 Å². The fourth-order valence-electron chi connectivity index (χ4n) is 4.56. The maximum Gasteiger partial charge on any atom is 0.0317 e. The third kappa shape index (κ3) is 12.1. The van der Waals surface area contributed by atoms with Crippen LogP contribution in [0.5, 0.6) is 0 Å². The van der Waals surface area contributed by atoms with Gasteiger partial charge in [-0.2, -0.15) is 0 Å². The lowest BCUT2D eigenvalue weighted by Gasteiger charge is -2.21. The molecule has 0 radical (unpaired) electrons. The van der Waals surface area contributed by atoms with Crippen LogP contribution in [0.1, 0.15) is 140 Å². The number of benzene rings is 1. The SMILES string of the molecule is CCCCCCCCCC(NC)c1cccc(C(CCCCCCCCC)NC)c1. The summed E-state index contributed by atoms with van der Waals surface area (Å²) in [5.41, 5.74) is 2.92. The molecule has 2 atom stereocenters. The average molecular weight is 417 g/mol. The minimum atomic E-state index is 0.483. The summed E-state index contributed by atoms with van der Waals surface area (Å²) >= 11 is 0. The van der Waals surface area contributed by atoms with E-state index in [-0.39, 0.29) is 0 Å². The van der Waals surface area contributed by atoms with E-state index in [0.717, 1.165) is 0 Å². The first-order valence-corrected chi connectivity index (χ1v) is 13.2. The van der Waals surface area contributed by atoms with Crippen molar-refractivity contribution in [2.24, 2.45) is 0 Å². The Kier molecular flexibility index (Phi) is 17.1. The van der Waals surface area contributed by atoms with Gasteiger partial charge in [-0.15, -0.1) is 0 Å². The van der Waals surface area contributed by atoms with Crippen LogP contribution in [-0.4, -0.2) is 14.1 Å². The molecule has 2 heteroatoms. The predicted molar refractivity (Wildman–Crippen MR) is 135 cm³/mol. The van der Waals surface area contributed by atoms with E-state index in [1.807, 2.05) is 0 Å². The van der Waals surface area contributed by atoms with Crippen molar-refractivity contribution in [3.8, 4) is 0 Å². The molecule has 0 aliphatic rings. The Morgan fingerprint density at radius 1 is 0.567 bits per heavy atom. The van der Waals surface area contributed by atoms with E-state index in [2.05, 4.69) is 62.8 Å². The Balaban J connectivity index is 2.42. The van der Waals surface area contributed by atoms with Gasteiger partial charge in [-0.3, -0.25) is 0 Å². The molecular formula is C28H52N2. The van der Waals surface area contributed by atoms with Crippen LogP contribution in [0.4, 0.5) is 0 Å². The van der Waals surface area contributed by atoms with Crippen molar-refractivity contribution in [3.63, 3.8) is 0 Å². The molecule has 174 valence electrons. The minimum absolute atomic E-state index is 0.483. The van der Waals surface area contributed by atoms with E-state index in [4.69, 9.17) is 0 Å². The van der Waals surface area contributed by atoms with Gasteiger partial charge in [0.15, 0.2) is 0 Å². The highest BCUT2D eigenvalue weighted by molar-refractivity contribution is 5.28. The smallest absolute Gasteiger partial charge is 0.0317 e. The molecule has 0 bridgehead atoms. The third-order valence-corrected chi connectivity index (χ3v) is 6.61. The van der Waals surface area contributed by atoms with Gasteiger partial charge in [-0.1, -0.05) is 128 Å². The Labute approximate surface area is 189 Å². The summed E-state index contributed by atoms with van der Waals surface area (Å²) in [4.78, 5) is 0. The van der Waals surface area contributed by atoms with Gasteiger partial charge < -0.3 is 10.6 Å². The number of hydrogen-bond donors (Lipinski definition) is 2. The van der Waals surface area contributed by atoms with Crippen molar-refractivity contribution in [2.75, 3.05) is 14.1 Å². The zero-order valence-electron chi connectivity index (χ0n) is 20.8. The van der Waals surface area contributed by atoms with Crippen LogP contribution >= 0.6 is 0 Å². The Morgan fingerprint density at radius 3 is 1.30 bits per heavy atom. The van der Waals surface area contributed by atoms with Crippen molar-refractivity contribution in [3.05, 3.63) is 35.4 Å². The highest BCUT2D eigenvalue weighted by atomic mass is 14.9. The van der Waals surface area contributed by atoms with E-state index in [9.17, 15) is 0 Å². The molecule has 0 saturated carbocycles. The lowest BCUT2D eigenvalue weighted by molar-refractivity contribution is 0.487. The molecule has 0 aromatic heterocycles. The molecule has 2 N–H and O–H groups in total. The highest BCUT2D eigenvalue weighted by Crippen LogP contribution is 2.26. The lowest BCUT2D eigenvalue weighted by atomic mass is 9.94. The van der Waals surface area contributed by atoms with E-state index < -0.39 is 0 Å². The van der Waals surface area contributed by atoms with Crippen molar-refractivity contribution < 1.29 is 0 Å². The fraction of sp³-hybridized carbons (Fsp3) is 0.786. The fourth-order valence-corrected chi connectivity index (χ4v) is 4.56. The number of hydrogen-bond acceptors (Lipinski definition) is 2. The predicted octanol–water partition coefficient (Wildman–Crippen LogP) is 8.49. The first-order valence-electron chi connectivity index (χ1n) is 13.2. The lowest BCUT2D eigenvalue weighted by Crippen LogP contribution is -2.19. The largest absolute Gasteiger partial charge is 0.313 e. The van der Waals surface area contributed by atoms with E-state index in [0.29, 0.717) is 12.1 Å². The monoisotopic (exact) mass is 416 g/mol. The summed E-state index contributed by atoms with van der Waals surface area (Å²) in [5, 5.41) is 7.14. The van der Waals surface area contributed by atoms with Crippen LogP contribution in [0.15, 0.2) is 24.3 Å². The van der Waals surface area contributed by atoms with Crippen molar-refractivity contribution in [2.45, 2.75) is 129 Å². The average Bonchev–Trinajstić information content (AvgIpc) is 2.78. The van der Waals surface area contributed by atoms with Crippen molar-refractivity contribution in [1.82, 2.24) is 10.6 Å². The summed E-state index contributed by atoms with van der Waals surface area (Å²) < 4.78 is 0. The number of nitrogens with one attached hydrogen (secondary N) is 2. The molecule has 1 aromatic carbocycles. The maximum atomic E-state index is 3.57. The van der Waals surface area contributed by atoms with Gasteiger partial charge in [0.2, 0.25) is 0 Å². The van der Waals surface area contributed by atoms with Gasteiger partial charge >= 0.3 is 0 Å². The second kappa shape index (κ2) is 18.9.